The molecule has 9 heteroatoms. The average molecular weight is 439 g/mol. The van der Waals surface area contributed by atoms with Gasteiger partial charge in [-0.05, 0) is 48.0 Å². The number of nitrogens with one attached hydrogen (secondary N) is 2. The highest BCUT2D eigenvalue weighted by molar-refractivity contribution is 6.31. The van der Waals surface area contributed by atoms with Gasteiger partial charge in [-0.2, -0.15) is 0 Å². The standard InChI is InChI=1S/C22H19ClN4O4/c1-29-18-7-5-16(23)10-17(18)26-22(25-12-14-3-2-8-24-11-14)27-21(28)15-4-6-19-20(9-15)31-13-30-19/h2-11H,12-13H2,1H3,(H2,25,26,27,28). The van der Waals surface area contributed by atoms with Crippen molar-refractivity contribution in [2.45, 2.75) is 6.54 Å². The first-order valence-electron chi connectivity index (χ1n) is 9.37. The molecule has 31 heavy (non-hydrogen) atoms. The number of halogens is 1. The van der Waals surface area contributed by atoms with Crippen LogP contribution in [0.15, 0.2) is 65.9 Å². The molecule has 2 N–H and O–H groups in total. The van der Waals surface area contributed by atoms with Crippen LogP contribution < -0.4 is 24.8 Å². The number of ether oxygens (including phenoxy) is 3. The summed E-state index contributed by atoms with van der Waals surface area (Å²) in [5.41, 5.74) is 1.85. The predicted octanol–water partition coefficient (Wildman–Crippen LogP) is 3.87. The fraction of sp³-hybridized carbons (Fsp3) is 0.136. The number of amides is 1. The lowest BCUT2D eigenvalue weighted by atomic mass is 10.2. The Balaban J connectivity index is 1.59. The van der Waals surface area contributed by atoms with Gasteiger partial charge >= 0.3 is 0 Å². The maximum Gasteiger partial charge on any atom is 0.258 e. The van der Waals surface area contributed by atoms with E-state index < -0.39 is 0 Å². The van der Waals surface area contributed by atoms with E-state index in [9.17, 15) is 4.79 Å². The molecular formula is C22H19ClN4O4. The van der Waals surface area contributed by atoms with Gasteiger partial charge < -0.3 is 19.5 Å². The topological polar surface area (TPSA) is 94.1 Å². The number of benzene rings is 2. The number of methoxy groups -OCH3 is 1. The second-order valence-electron chi connectivity index (χ2n) is 6.52. The Labute approximate surface area is 183 Å². The zero-order valence-corrected chi connectivity index (χ0v) is 17.3. The van der Waals surface area contributed by atoms with Gasteiger partial charge in [-0.15, -0.1) is 0 Å². The van der Waals surface area contributed by atoms with Crippen LogP contribution in [0.3, 0.4) is 0 Å². The van der Waals surface area contributed by atoms with Gasteiger partial charge in [0.2, 0.25) is 12.8 Å². The van der Waals surface area contributed by atoms with Gasteiger partial charge in [0.05, 0.1) is 19.3 Å². The maximum atomic E-state index is 12.9. The molecule has 0 aliphatic carbocycles. The van der Waals surface area contributed by atoms with Crippen molar-refractivity contribution in [1.82, 2.24) is 10.3 Å². The summed E-state index contributed by atoms with van der Waals surface area (Å²) in [5.74, 6) is 1.54. The van der Waals surface area contributed by atoms with E-state index in [0.717, 1.165) is 5.56 Å². The molecule has 8 nitrogen and oxygen atoms in total. The number of aliphatic imine (C=N–C) groups is 1. The smallest absolute Gasteiger partial charge is 0.258 e. The van der Waals surface area contributed by atoms with E-state index in [1.807, 2.05) is 12.1 Å². The fourth-order valence-corrected chi connectivity index (χ4v) is 3.07. The predicted molar refractivity (Wildman–Crippen MR) is 117 cm³/mol. The Morgan fingerprint density at radius 2 is 2.06 bits per heavy atom. The number of pyridine rings is 1. The molecule has 0 bridgehead atoms. The largest absolute Gasteiger partial charge is 0.495 e. The van der Waals surface area contributed by atoms with Gasteiger partial charge in [-0.1, -0.05) is 17.7 Å². The van der Waals surface area contributed by atoms with Gasteiger partial charge in [0.1, 0.15) is 5.75 Å². The van der Waals surface area contributed by atoms with Crippen LogP contribution in [0.4, 0.5) is 5.69 Å². The summed E-state index contributed by atoms with van der Waals surface area (Å²) in [5, 5.41) is 6.40. The molecule has 3 aromatic rings. The minimum atomic E-state index is -0.364. The van der Waals surface area contributed by atoms with Gasteiger partial charge in [0, 0.05) is 23.0 Å². The highest BCUT2D eigenvalue weighted by Gasteiger charge is 2.18. The normalized spacial score (nSPS) is 12.4. The quantitative estimate of drug-likeness (QED) is 0.464. The summed E-state index contributed by atoms with van der Waals surface area (Å²) < 4.78 is 16.0. The molecule has 0 unspecified atom stereocenters. The molecule has 2 aromatic carbocycles. The lowest BCUT2D eigenvalue weighted by Crippen LogP contribution is -2.36. The number of hydrogen-bond donors (Lipinski definition) is 2. The first-order chi connectivity index (χ1) is 15.1. The van der Waals surface area contributed by atoms with Crippen LogP contribution in [0, 0.1) is 0 Å². The molecule has 2 heterocycles. The van der Waals surface area contributed by atoms with Crippen LogP contribution in [-0.2, 0) is 6.54 Å². The number of rotatable bonds is 5. The molecule has 1 aromatic heterocycles. The molecular weight excluding hydrogens is 420 g/mol. The summed E-state index contributed by atoms with van der Waals surface area (Å²) in [6, 6.07) is 13.8. The fourth-order valence-electron chi connectivity index (χ4n) is 2.90. The summed E-state index contributed by atoms with van der Waals surface area (Å²) in [4.78, 5) is 21.5. The van der Waals surface area contributed by atoms with Crippen molar-refractivity contribution in [3.05, 3.63) is 77.1 Å². The number of hydrogen-bond acceptors (Lipinski definition) is 6. The molecule has 1 amide bonds. The molecule has 0 atom stereocenters. The molecule has 0 spiro atoms. The van der Waals surface area contributed by atoms with Crippen molar-refractivity contribution < 1.29 is 19.0 Å². The molecule has 0 saturated heterocycles. The first-order valence-corrected chi connectivity index (χ1v) is 9.75. The van der Waals surface area contributed by atoms with E-state index in [1.165, 1.54) is 0 Å². The Morgan fingerprint density at radius 1 is 1.19 bits per heavy atom. The van der Waals surface area contributed by atoms with Crippen molar-refractivity contribution in [3.63, 3.8) is 0 Å². The summed E-state index contributed by atoms with van der Waals surface area (Å²) >= 11 is 6.13. The summed E-state index contributed by atoms with van der Waals surface area (Å²) in [6.45, 7) is 0.439. The number of carbonyl (C=O) groups is 1. The lowest BCUT2D eigenvalue weighted by Gasteiger charge is -2.15. The third kappa shape index (κ3) is 5.04. The second-order valence-corrected chi connectivity index (χ2v) is 6.95. The Hall–Kier alpha value is -3.78. The van der Waals surface area contributed by atoms with Crippen LogP contribution in [0.5, 0.6) is 17.2 Å². The van der Waals surface area contributed by atoms with Crippen LogP contribution >= 0.6 is 11.6 Å². The maximum absolute atomic E-state index is 12.9. The average Bonchev–Trinajstić information content (AvgIpc) is 3.26. The second kappa shape index (κ2) is 9.36. The van der Waals surface area contributed by atoms with Crippen molar-refractivity contribution in [2.24, 2.45) is 4.99 Å². The van der Waals surface area contributed by atoms with Gasteiger partial charge in [0.15, 0.2) is 11.5 Å². The minimum Gasteiger partial charge on any atom is -0.495 e. The number of nitrogens with zero attached hydrogens (tertiary/aromatic N) is 2. The number of guanidine groups is 1. The van der Waals surface area contributed by atoms with Crippen molar-refractivity contribution in [2.75, 3.05) is 19.2 Å². The third-order valence-corrected chi connectivity index (χ3v) is 4.66. The molecule has 0 fully saturated rings. The van der Waals surface area contributed by atoms with Crippen LogP contribution in [-0.4, -0.2) is 30.8 Å². The summed E-state index contributed by atoms with van der Waals surface area (Å²) in [7, 11) is 1.55. The van der Waals surface area contributed by atoms with E-state index in [4.69, 9.17) is 25.8 Å². The van der Waals surface area contributed by atoms with Crippen molar-refractivity contribution >= 4 is 29.2 Å². The van der Waals surface area contributed by atoms with E-state index in [1.54, 1.807) is 55.9 Å². The molecule has 0 saturated carbocycles. The Bertz CT molecular complexity index is 1120. The van der Waals surface area contributed by atoms with Gasteiger partial charge in [0.25, 0.3) is 5.91 Å². The number of carbonyl (C=O) groups excluding carboxylic acids is 1. The van der Waals surface area contributed by atoms with Crippen LogP contribution in [0.1, 0.15) is 15.9 Å². The van der Waals surface area contributed by atoms with Gasteiger partial charge in [-0.25, -0.2) is 4.99 Å². The molecule has 1 aliphatic rings. The molecule has 4 rings (SSSR count). The molecule has 1 aliphatic heterocycles. The molecule has 0 radical (unpaired) electrons. The SMILES string of the molecule is COc1ccc(Cl)cc1NC(=NCc1cccnc1)NC(=O)c1ccc2c(c1)OCO2. The van der Waals surface area contributed by atoms with E-state index in [0.29, 0.717) is 40.1 Å². The zero-order valence-electron chi connectivity index (χ0n) is 16.6. The third-order valence-electron chi connectivity index (χ3n) is 4.42. The molecule has 158 valence electrons. The Morgan fingerprint density at radius 3 is 2.87 bits per heavy atom. The van der Waals surface area contributed by atoms with Crippen LogP contribution in [0.25, 0.3) is 0 Å². The first kappa shape index (κ1) is 20.5. The van der Waals surface area contributed by atoms with Crippen molar-refractivity contribution in [3.8, 4) is 17.2 Å². The highest BCUT2D eigenvalue weighted by Crippen LogP contribution is 2.32. The van der Waals surface area contributed by atoms with E-state index >= 15 is 0 Å². The highest BCUT2D eigenvalue weighted by atomic mass is 35.5. The number of anilines is 1. The lowest BCUT2D eigenvalue weighted by molar-refractivity contribution is 0.0976. The number of fused-ring (bicyclic) bond motifs is 1. The zero-order chi connectivity index (χ0) is 21.6. The van der Waals surface area contributed by atoms with E-state index in [-0.39, 0.29) is 18.7 Å². The monoisotopic (exact) mass is 438 g/mol. The van der Waals surface area contributed by atoms with E-state index in [2.05, 4.69) is 20.6 Å². The minimum absolute atomic E-state index is 0.133. The van der Waals surface area contributed by atoms with Crippen LogP contribution in [0.2, 0.25) is 5.02 Å². The van der Waals surface area contributed by atoms with Crippen molar-refractivity contribution in [1.29, 1.82) is 0 Å². The Kier molecular flexibility index (Phi) is 6.18. The summed E-state index contributed by atoms with van der Waals surface area (Å²) in [6.07, 6.45) is 3.39. The van der Waals surface area contributed by atoms with Gasteiger partial charge in [-0.3, -0.25) is 15.1 Å². The number of aromatic nitrogens is 1.